The van der Waals surface area contributed by atoms with Gasteiger partial charge in [0, 0.05) is 19.6 Å². The van der Waals surface area contributed by atoms with Crippen LogP contribution in [0.15, 0.2) is 0 Å². The van der Waals surface area contributed by atoms with Crippen molar-refractivity contribution in [1.29, 1.82) is 0 Å². The molecule has 0 radical (unpaired) electrons. The molecule has 19 heavy (non-hydrogen) atoms. The largest absolute Gasteiger partial charge is 0.480 e. The van der Waals surface area contributed by atoms with Crippen LogP contribution in [0.3, 0.4) is 0 Å². The zero-order valence-corrected chi connectivity index (χ0v) is 11.7. The average molecular weight is 268 g/mol. The number of amides is 2. The van der Waals surface area contributed by atoms with Crippen LogP contribution in [-0.4, -0.2) is 52.6 Å². The van der Waals surface area contributed by atoms with Crippen LogP contribution in [0.2, 0.25) is 0 Å². The normalized spacial score (nSPS) is 26.1. The van der Waals surface area contributed by atoms with Crippen molar-refractivity contribution < 1.29 is 14.7 Å². The van der Waals surface area contributed by atoms with Crippen molar-refractivity contribution in [3.8, 4) is 0 Å². The molecule has 1 N–H and O–H groups in total. The summed E-state index contributed by atoms with van der Waals surface area (Å²) in [6, 6.07) is -0.699. The molecule has 1 atom stereocenters. The lowest BCUT2D eigenvalue weighted by molar-refractivity contribution is -0.142. The van der Waals surface area contributed by atoms with E-state index >= 15 is 0 Å². The molecule has 2 saturated heterocycles. The minimum atomic E-state index is -0.861. The number of carbonyl (C=O) groups is 2. The van der Waals surface area contributed by atoms with Gasteiger partial charge < -0.3 is 14.9 Å². The molecule has 2 rings (SSSR count). The predicted octanol–water partition coefficient (Wildman–Crippen LogP) is 2.17. The van der Waals surface area contributed by atoms with Gasteiger partial charge in [0.2, 0.25) is 0 Å². The first kappa shape index (κ1) is 14.2. The molecule has 2 aliphatic rings. The van der Waals surface area contributed by atoms with E-state index in [1.54, 1.807) is 4.90 Å². The molecule has 0 saturated carbocycles. The third-order valence-electron chi connectivity index (χ3n) is 4.34. The molecular formula is C14H24N2O3. The van der Waals surface area contributed by atoms with Gasteiger partial charge >= 0.3 is 12.0 Å². The highest BCUT2D eigenvalue weighted by Gasteiger charge is 2.34. The van der Waals surface area contributed by atoms with Crippen LogP contribution >= 0.6 is 0 Å². The molecule has 2 fully saturated rings. The topological polar surface area (TPSA) is 60.9 Å². The minimum Gasteiger partial charge on any atom is -0.480 e. The summed E-state index contributed by atoms with van der Waals surface area (Å²) in [5.41, 5.74) is 0. The van der Waals surface area contributed by atoms with Gasteiger partial charge in [-0.05, 0) is 31.6 Å². The fourth-order valence-corrected chi connectivity index (χ4v) is 2.98. The Labute approximate surface area is 114 Å². The Morgan fingerprint density at radius 2 is 1.68 bits per heavy atom. The van der Waals surface area contributed by atoms with Gasteiger partial charge in [0.25, 0.3) is 0 Å². The van der Waals surface area contributed by atoms with Crippen molar-refractivity contribution in [3.05, 3.63) is 0 Å². The van der Waals surface area contributed by atoms with Crippen LogP contribution in [0.1, 0.15) is 45.4 Å². The van der Waals surface area contributed by atoms with E-state index in [4.69, 9.17) is 0 Å². The van der Waals surface area contributed by atoms with Crippen molar-refractivity contribution in [3.63, 3.8) is 0 Å². The number of carboxylic acids is 1. The SMILES string of the molecule is CC1CCN(C(=O)N2CCCCCC2C(=O)O)CC1. The van der Waals surface area contributed by atoms with Gasteiger partial charge in [-0.1, -0.05) is 19.8 Å². The molecule has 0 aromatic carbocycles. The Hall–Kier alpha value is -1.26. The molecule has 0 aliphatic carbocycles. The Bertz CT molecular complexity index is 338. The lowest BCUT2D eigenvalue weighted by atomic mass is 9.99. The highest BCUT2D eigenvalue weighted by molar-refractivity contribution is 5.82. The van der Waals surface area contributed by atoms with Crippen LogP contribution < -0.4 is 0 Å². The van der Waals surface area contributed by atoms with E-state index in [1.165, 1.54) is 0 Å². The molecule has 2 heterocycles. The van der Waals surface area contributed by atoms with E-state index in [-0.39, 0.29) is 6.03 Å². The van der Waals surface area contributed by atoms with Gasteiger partial charge in [-0.2, -0.15) is 0 Å². The molecule has 0 aromatic heterocycles. The molecule has 0 spiro atoms. The fraction of sp³-hybridized carbons (Fsp3) is 0.857. The van der Waals surface area contributed by atoms with Gasteiger partial charge in [-0.3, -0.25) is 0 Å². The summed E-state index contributed by atoms with van der Waals surface area (Å²) in [5, 5.41) is 9.31. The zero-order valence-electron chi connectivity index (χ0n) is 11.7. The monoisotopic (exact) mass is 268 g/mol. The Balaban J connectivity index is 2.03. The molecule has 5 nitrogen and oxygen atoms in total. The number of aliphatic carboxylic acids is 1. The second-order valence-electron chi connectivity index (χ2n) is 5.85. The summed E-state index contributed by atoms with van der Waals surface area (Å²) < 4.78 is 0. The van der Waals surface area contributed by atoms with Crippen molar-refractivity contribution in [1.82, 2.24) is 9.80 Å². The molecule has 108 valence electrons. The van der Waals surface area contributed by atoms with E-state index in [0.717, 1.165) is 45.2 Å². The molecule has 5 heteroatoms. The standard InChI is InChI=1S/C14H24N2O3/c1-11-6-9-15(10-7-11)14(19)16-8-4-2-3-5-12(16)13(17)18/h11-12H,2-10H2,1H3,(H,17,18). The van der Waals surface area contributed by atoms with Gasteiger partial charge in [-0.15, -0.1) is 0 Å². The molecule has 2 amide bonds. The first-order chi connectivity index (χ1) is 9.09. The smallest absolute Gasteiger partial charge is 0.326 e. The highest BCUT2D eigenvalue weighted by Crippen LogP contribution is 2.22. The van der Waals surface area contributed by atoms with Crippen molar-refractivity contribution in [2.24, 2.45) is 5.92 Å². The second kappa shape index (κ2) is 6.26. The van der Waals surface area contributed by atoms with E-state index in [9.17, 15) is 14.7 Å². The Morgan fingerprint density at radius 3 is 2.32 bits per heavy atom. The van der Waals surface area contributed by atoms with Crippen LogP contribution in [-0.2, 0) is 4.79 Å². The number of carboxylic acid groups (broad SMARTS) is 1. The summed E-state index contributed by atoms with van der Waals surface area (Å²) in [4.78, 5) is 27.3. The molecular weight excluding hydrogens is 244 g/mol. The lowest BCUT2D eigenvalue weighted by Crippen LogP contribution is -2.52. The van der Waals surface area contributed by atoms with Crippen molar-refractivity contribution in [2.75, 3.05) is 19.6 Å². The lowest BCUT2D eigenvalue weighted by Gasteiger charge is -2.36. The Morgan fingerprint density at radius 1 is 1.00 bits per heavy atom. The number of rotatable bonds is 1. The van der Waals surface area contributed by atoms with E-state index in [1.807, 2.05) is 4.90 Å². The van der Waals surface area contributed by atoms with E-state index in [2.05, 4.69) is 6.92 Å². The third kappa shape index (κ3) is 3.39. The second-order valence-corrected chi connectivity index (χ2v) is 5.85. The van der Waals surface area contributed by atoms with Gasteiger partial charge in [-0.25, -0.2) is 9.59 Å². The van der Waals surface area contributed by atoms with Crippen LogP contribution in [0.25, 0.3) is 0 Å². The highest BCUT2D eigenvalue weighted by atomic mass is 16.4. The molecule has 0 bridgehead atoms. The summed E-state index contributed by atoms with van der Waals surface area (Å²) in [6.07, 6.45) is 5.47. The van der Waals surface area contributed by atoms with Crippen LogP contribution in [0, 0.1) is 5.92 Å². The fourth-order valence-electron chi connectivity index (χ4n) is 2.98. The summed E-state index contributed by atoms with van der Waals surface area (Å²) in [6.45, 7) is 4.32. The zero-order chi connectivity index (χ0) is 13.8. The van der Waals surface area contributed by atoms with Crippen molar-refractivity contribution in [2.45, 2.75) is 51.5 Å². The van der Waals surface area contributed by atoms with Crippen molar-refractivity contribution >= 4 is 12.0 Å². The molecule has 0 aromatic rings. The first-order valence-electron chi connectivity index (χ1n) is 7.38. The summed E-state index contributed by atoms with van der Waals surface area (Å²) in [7, 11) is 0. The quantitative estimate of drug-likeness (QED) is 0.792. The average Bonchev–Trinajstić information content (AvgIpc) is 2.64. The van der Waals surface area contributed by atoms with Gasteiger partial charge in [0.05, 0.1) is 0 Å². The van der Waals surface area contributed by atoms with E-state index in [0.29, 0.717) is 18.9 Å². The number of hydrogen-bond acceptors (Lipinski definition) is 2. The first-order valence-corrected chi connectivity index (χ1v) is 7.38. The minimum absolute atomic E-state index is 0.0683. The third-order valence-corrected chi connectivity index (χ3v) is 4.34. The van der Waals surface area contributed by atoms with Gasteiger partial charge in [0.1, 0.15) is 6.04 Å². The number of hydrogen-bond donors (Lipinski definition) is 1. The predicted molar refractivity (Wildman–Crippen MR) is 72.0 cm³/mol. The Kier molecular flexibility index (Phi) is 4.66. The molecule has 1 unspecified atom stereocenters. The maximum absolute atomic E-state index is 12.5. The number of urea groups is 1. The maximum atomic E-state index is 12.5. The number of likely N-dealkylation sites (tertiary alicyclic amines) is 2. The number of nitrogens with zero attached hydrogens (tertiary/aromatic N) is 2. The van der Waals surface area contributed by atoms with Crippen LogP contribution in [0.4, 0.5) is 4.79 Å². The van der Waals surface area contributed by atoms with E-state index < -0.39 is 12.0 Å². The summed E-state index contributed by atoms with van der Waals surface area (Å²) >= 11 is 0. The van der Waals surface area contributed by atoms with Crippen LogP contribution in [0.5, 0.6) is 0 Å². The number of piperidine rings is 1. The summed E-state index contributed by atoms with van der Waals surface area (Å²) in [5.74, 6) is -0.191. The molecule has 2 aliphatic heterocycles. The maximum Gasteiger partial charge on any atom is 0.326 e. The number of carbonyl (C=O) groups excluding carboxylic acids is 1. The van der Waals surface area contributed by atoms with Gasteiger partial charge in [0.15, 0.2) is 0 Å².